The molecule has 2 rings (SSSR count). The standard InChI is InChI=1S/C14H12.2BrH/c1-3-7-13(8-4-1)11-12-14-9-5-2-6-10-14;;/h1-12H;2*1H. The Morgan fingerprint density at radius 1 is 0.500 bits per heavy atom. The van der Waals surface area contributed by atoms with Gasteiger partial charge < -0.3 is 0 Å². The molecule has 16 heavy (non-hydrogen) atoms. The molecule has 84 valence electrons. The number of hydrogen-bond acceptors (Lipinski definition) is 0. The Bertz CT molecular complexity index is 366. The molecule has 0 unspecified atom stereocenters. The van der Waals surface area contributed by atoms with Crippen LogP contribution < -0.4 is 0 Å². The summed E-state index contributed by atoms with van der Waals surface area (Å²) in [6.07, 6.45) is 4.24. The van der Waals surface area contributed by atoms with Crippen molar-refractivity contribution in [1.82, 2.24) is 0 Å². The maximum atomic E-state index is 2.12. The van der Waals surface area contributed by atoms with E-state index in [1.54, 1.807) is 0 Å². The molecule has 0 fully saturated rings. The Labute approximate surface area is 118 Å². The molecule has 0 heterocycles. The van der Waals surface area contributed by atoms with Gasteiger partial charge in [0.1, 0.15) is 0 Å². The Balaban J connectivity index is 0.00000112. The van der Waals surface area contributed by atoms with Gasteiger partial charge in [0.2, 0.25) is 0 Å². The van der Waals surface area contributed by atoms with E-state index < -0.39 is 0 Å². The molecule has 0 spiro atoms. The molecule has 0 N–H and O–H groups in total. The summed E-state index contributed by atoms with van der Waals surface area (Å²) >= 11 is 0. The van der Waals surface area contributed by atoms with Gasteiger partial charge in [0.25, 0.3) is 0 Å². The van der Waals surface area contributed by atoms with Crippen LogP contribution in [0.15, 0.2) is 60.7 Å². The summed E-state index contributed by atoms with van der Waals surface area (Å²) in [7, 11) is 0. The van der Waals surface area contributed by atoms with Crippen LogP contribution in [-0.4, -0.2) is 0 Å². The van der Waals surface area contributed by atoms with E-state index in [0.29, 0.717) is 0 Å². The Hall–Kier alpha value is -0.860. The lowest BCUT2D eigenvalue weighted by Gasteiger charge is -1.92. The fourth-order valence-electron chi connectivity index (χ4n) is 1.32. The number of halogens is 2. The Morgan fingerprint density at radius 2 is 0.812 bits per heavy atom. The molecular weight excluding hydrogens is 328 g/mol. The van der Waals surface area contributed by atoms with E-state index in [0.717, 1.165) is 0 Å². The maximum Gasteiger partial charge on any atom is -0.0256 e. The lowest BCUT2D eigenvalue weighted by atomic mass is 10.1. The minimum atomic E-state index is 0. The van der Waals surface area contributed by atoms with E-state index in [1.807, 2.05) is 36.4 Å². The molecule has 0 amide bonds. The van der Waals surface area contributed by atoms with Crippen LogP contribution >= 0.6 is 34.0 Å². The van der Waals surface area contributed by atoms with Gasteiger partial charge in [0, 0.05) is 0 Å². The van der Waals surface area contributed by atoms with Crippen molar-refractivity contribution in [2.75, 3.05) is 0 Å². The second-order valence-electron chi connectivity index (χ2n) is 3.15. The average molecular weight is 342 g/mol. The van der Waals surface area contributed by atoms with Crippen molar-refractivity contribution >= 4 is 46.1 Å². The first-order valence-electron chi connectivity index (χ1n) is 4.73. The van der Waals surface area contributed by atoms with Gasteiger partial charge in [0.15, 0.2) is 0 Å². The van der Waals surface area contributed by atoms with Gasteiger partial charge in [-0.1, -0.05) is 72.8 Å². The summed E-state index contributed by atoms with van der Waals surface area (Å²) in [5.41, 5.74) is 2.47. The van der Waals surface area contributed by atoms with E-state index in [4.69, 9.17) is 0 Å². The molecule has 0 aliphatic rings. The number of benzene rings is 2. The van der Waals surface area contributed by atoms with Gasteiger partial charge in [-0.05, 0) is 11.1 Å². The van der Waals surface area contributed by atoms with Crippen molar-refractivity contribution in [2.24, 2.45) is 0 Å². The molecule has 0 aromatic heterocycles. The monoisotopic (exact) mass is 340 g/mol. The molecule has 2 aromatic carbocycles. The molecule has 2 aromatic rings. The minimum Gasteiger partial charge on any atom is -0.114 e. The first-order valence-corrected chi connectivity index (χ1v) is 4.73. The molecule has 0 nitrogen and oxygen atoms in total. The lowest BCUT2D eigenvalue weighted by Crippen LogP contribution is -1.70. The quantitative estimate of drug-likeness (QED) is 0.673. The van der Waals surface area contributed by atoms with Gasteiger partial charge >= 0.3 is 0 Å². The summed E-state index contributed by atoms with van der Waals surface area (Å²) < 4.78 is 0. The summed E-state index contributed by atoms with van der Waals surface area (Å²) in [6.45, 7) is 0. The predicted octanol–water partition coefficient (Wildman–Crippen LogP) is 5.01. The molecule has 0 saturated carbocycles. The topological polar surface area (TPSA) is 0 Å². The van der Waals surface area contributed by atoms with Gasteiger partial charge in [-0.15, -0.1) is 34.0 Å². The smallest absolute Gasteiger partial charge is 0.0256 e. The zero-order chi connectivity index (χ0) is 9.64. The van der Waals surface area contributed by atoms with Crippen molar-refractivity contribution in [3.8, 4) is 0 Å². The largest absolute Gasteiger partial charge is 0.114 e. The summed E-state index contributed by atoms with van der Waals surface area (Å²) in [4.78, 5) is 0. The maximum absolute atomic E-state index is 2.12. The third kappa shape index (κ3) is 4.77. The minimum absolute atomic E-state index is 0. The molecule has 2 heteroatoms. The van der Waals surface area contributed by atoms with Crippen LogP contribution in [0.25, 0.3) is 12.2 Å². The zero-order valence-electron chi connectivity index (χ0n) is 8.74. The Kier molecular flexibility index (Phi) is 7.86. The van der Waals surface area contributed by atoms with E-state index in [2.05, 4.69) is 36.4 Å². The van der Waals surface area contributed by atoms with Crippen molar-refractivity contribution in [3.63, 3.8) is 0 Å². The highest BCUT2D eigenvalue weighted by atomic mass is 79.9. The van der Waals surface area contributed by atoms with Crippen LogP contribution in [0.2, 0.25) is 0 Å². The van der Waals surface area contributed by atoms with Crippen LogP contribution in [0.4, 0.5) is 0 Å². The van der Waals surface area contributed by atoms with Crippen molar-refractivity contribution < 1.29 is 0 Å². The first-order chi connectivity index (χ1) is 6.95. The van der Waals surface area contributed by atoms with Crippen LogP contribution in [0.5, 0.6) is 0 Å². The van der Waals surface area contributed by atoms with Crippen molar-refractivity contribution in [2.45, 2.75) is 0 Å². The molecule has 0 atom stereocenters. The van der Waals surface area contributed by atoms with E-state index in [9.17, 15) is 0 Å². The summed E-state index contributed by atoms with van der Waals surface area (Å²) in [6, 6.07) is 20.6. The van der Waals surface area contributed by atoms with Gasteiger partial charge in [0.05, 0.1) is 0 Å². The highest BCUT2D eigenvalue weighted by Gasteiger charge is 1.84. The summed E-state index contributed by atoms with van der Waals surface area (Å²) in [5.74, 6) is 0. The fourth-order valence-corrected chi connectivity index (χ4v) is 1.32. The molecule has 0 aliphatic heterocycles. The normalized spacial score (nSPS) is 9.25. The fraction of sp³-hybridized carbons (Fsp3) is 0. The molecular formula is C14H14Br2. The molecule has 0 radical (unpaired) electrons. The second kappa shape index (κ2) is 8.31. The Morgan fingerprint density at radius 3 is 1.12 bits per heavy atom. The van der Waals surface area contributed by atoms with Gasteiger partial charge in [-0.2, -0.15) is 0 Å². The predicted molar refractivity (Wildman–Crippen MR) is 82.5 cm³/mol. The third-order valence-electron chi connectivity index (χ3n) is 2.07. The zero-order valence-corrected chi connectivity index (χ0v) is 12.2. The first kappa shape index (κ1) is 15.1. The molecule has 0 aliphatic carbocycles. The lowest BCUT2D eigenvalue weighted by molar-refractivity contribution is 1.65. The highest BCUT2D eigenvalue weighted by molar-refractivity contribution is 8.93. The second-order valence-corrected chi connectivity index (χ2v) is 3.15. The van der Waals surface area contributed by atoms with E-state index in [-0.39, 0.29) is 34.0 Å². The molecule has 0 saturated heterocycles. The van der Waals surface area contributed by atoms with E-state index >= 15 is 0 Å². The van der Waals surface area contributed by atoms with Gasteiger partial charge in [-0.3, -0.25) is 0 Å². The van der Waals surface area contributed by atoms with Crippen LogP contribution in [0.1, 0.15) is 11.1 Å². The van der Waals surface area contributed by atoms with Crippen LogP contribution in [0, 0.1) is 0 Å². The van der Waals surface area contributed by atoms with Crippen molar-refractivity contribution in [1.29, 1.82) is 0 Å². The van der Waals surface area contributed by atoms with Gasteiger partial charge in [-0.25, -0.2) is 0 Å². The number of rotatable bonds is 2. The van der Waals surface area contributed by atoms with Crippen LogP contribution in [-0.2, 0) is 0 Å². The average Bonchev–Trinajstić information content (AvgIpc) is 2.29. The SMILES string of the molecule is Br.Br.C(=Cc1ccccc1)c1ccccc1. The molecule has 0 bridgehead atoms. The van der Waals surface area contributed by atoms with Crippen molar-refractivity contribution in [3.05, 3.63) is 71.8 Å². The number of hydrogen-bond donors (Lipinski definition) is 0. The van der Waals surface area contributed by atoms with Crippen LogP contribution in [0.3, 0.4) is 0 Å². The summed E-state index contributed by atoms with van der Waals surface area (Å²) in [5, 5.41) is 0. The third-order valence-corrected chi connectivity index (χ3v) is 2.07. The van der Waals surface area contributed by atoms with E-state index in [1.165, 1.54) is 11.1 Å². The highest BCUT2D eigenvalue weighted by Crippen LogP contribution is 2.06.